The first-order valence-corrected chi connectivity index (χ1v) is 47.8. The molecule has 9 heterocycles. The molecule has 0 atom stereocenters. The van der Waals surface area contributed by atoms with Crippen molar-refractivity contribution in [3.8, 4) is 117 Å². The molecule has 0 bridgehead atoms. The van der Waals surface area contributed by atoms with Gasteiger partial charge in [-0.3, -0.25) is 0 Å². The van der Waals surface area contributed by atoms with Gasteiger partial charge in [0.15, 0.2) is 16.7 Å². The third-order valence-corrected chi connectivity index (χ3v) is 28.3. The van der Waals surface area contributed by atoms with Gasteiger partial charge >= 0.3 is 0 Å². The predicted molar refractivity (Wildman–Crippen MR) is 582 cm³/mol. The van der Waals surface area contributed by atoms with Gasteiger partial charge in [0.2, 0.25) is 0 Å². The summed E-state index contributed by atoms with van der Waals surface area (Å²) in [5, 5.41) is 13.4. The van der Waals surface area contributed by atoms with Crippen LogP contribution in [0, 0.1) is 0 Å². The predicted octanol–water partition coefficient (Wildman–Crippen LogP) is 37.3. The van der Waals surface area contributed by atoms with Crippen LogP contribution in [0.1, 0.15) is 0 Å². The summed E-state index contributed by atoms with van der Waals surface area (Å²) >= 11 is 0. The second-order valence-corrected chi connectivity index (χ2v) is 36.3. The lowest BCUT2D eigenvalue weighted by Gasteiger charge is -2.10. The number of aromatic nitrogens is 3. The van der Waals surface area contributed by atoms with Crippen molar-refractivity contribution in [3.63, 3.8) is 0 Å². The Morgan fingerprint density at radius 2 is 0.383 bits per heavy atom. The Labute approximate surface area is 807 Å². The number of hydrogen-bond acceptors (Lipinski definition) is 6. The van der Waals surface area contributed by atoms with Gasteiger partial charge in [0, 0.05) is 82.2 Å². The van der Waals surface area contributed by atoms with Gasteiger partial charge in [-0.25, -0.2) is 0 Å². The van der Waals surface area contributed by atoms with Crippen molar-refractivity contribution in [1.82, 2.24) is 13.7 Å². The number of fused-ring (bicyclic) bond motifs is 24. The van der Waals surface area contributed by atoms with Crippen molar-refractivity contribution in [3.05, 3.63) is 491 Å². The molecule has 30 rings (SSSR count). The normalized spacial score (nSPS) is 11.8. The third kappa shape index (κ3) is 13.3. The quantitative estimate of drug-likeness (QED) is 0.121. The largest absolute Gasteiger partial charge is 0.456 e. The number of hydrogen-bond donors (Lipinski definition) is 0. The van der Waals surface area contributed by atoms with Crippen molar-refractivity contribution in [2.75, 3.05) is 0 Å². The van der Waals surface area contributed by atoms with E-state index in [9.17, 15) is 0 Å². The Hall–Kier alpha value is -19.0. The molecule has 9 heteroatoms. The Morgan fingerprint density at radius 1 is 0.128 bits per heavy atom. The standard InChI is InChI=1S/3C44H27NO2/c1-3-12-28(13-4-1)33-18-9-20-35-36-21-10-19-34(43(36)47-42(33)35)30-26-24-29(25-27-30)32-17-11-23-39-40(32)41-44(46-39)37-16-7-8-22-38(37)45(41)31-14-5-2-6-15-31;1-3-11-28(12-4-1)31-25-26-39-37(27-31)35-18-9-17-34(43(35)46-39)30-23-21-29(22-24-30)33-16-10-20-40-41(33)42-44(47-40)36-15-7-8-19-38(36)45(42)32-13-5-2-6-14-32;1-3-10-28(11-4-1)31-22-24-35-36-25-23-32(27-41(36)46-40(35)26-31)29-18-20-30(21-19-29)34-15-9-17-39-42(34)43-44(47-39)37-14-7-8-16-38(37)45(43)33-12-5-2-6-13-33/h3*1-27H. The highest BCUT2D eigenvalue weighted by Crippen LogP contribution is 2.50. The molecular formula is C132H81N3O6. The van der Waals surface area contributed by atoms with E-state index in [1.54, 1.807) is 0 Å². The van der Waals surface area contributed by atoms with E-state index < -0.39 is 0 Å². The molecule has 660 valence electrons. The van der Waals surface area contributed by atoms with E-state index in [1.807, 2.05) is 18.2 Å². The summed E-state index contributed by atoms with van der Waals surface area (Å²) in [6, 6.07) is 173. The van der Waals surface area contributed by atoms with Crippen LogP contribution in [-0.2, 0) is 0 Å². The summed E-state index contributed by atoms with van der Waals surface area (Å²) < 4.78 is 46.4. The highest BCUT2D eigenvalue weighted by atomic mass is 16.4. The number of nitrogens with zero attached hydrogens (tertiary/aromatic N) is 3. The topological polar surface area (TPSA) is 93.6 Å². The molecule has 0 spiro atoms. The molecule has 30 aromatic rings. The molecular weight excluding hydrogens is 1720 g/mol. The van der Waals surface area contributed by atoms with Gasteiger partial charge in [-0.15, -0.1) is 0 Å². The average Bonchev–Trinajstić information content (AvgIpc) is 1.56. The van der Waals surface area contributed by atoms with Crippen LogP contribution in [0.4, 0.5) is 0 Å². The molecule has 0 N–H and O–H groups in total. The Morgan fingerprint density at radius 3 is 0.759 bits per heavy atom. The molecule has 141 heavy (non-hydrogen) atoms. The van der Waals surface area contributed by atoms with Crippen molar-refractivity contribution in [1.29, 1.82) is 0 Å². The van der Waals surface area contributed by atoms with Crippen molar-refractivity contribution in [2.24, 2.45) is 0 Å². The molecule has 0 saturated carbocycles. The molecule has 0 aliphatic heterocycles. The number of rotatable bonds is 12. The van der Waals surface area contributed by atoms with E-state index in [0.717, 1.165) is 265 Å². The molecule has 0 amide bonds. The second-order valence-electron chi connectivity index (χ2n) is 36.3. The van der Waals surface area contributed by atoms with E-state index in [-0.39, 0.29) is 0 Å². The van der Waals surface area contributed by atoms with E-state index >= 15 is 0 Å². The van der Waals surface area contributed by atoms with Crippen LogP contribution in [0.5, 0.6) is 0 Å². The zero-order chi connectivity index (χ0) is 92.7. The zero-order valence-electron chi connectivity index (χ0n) is 76.1. The molecule has 0 radical (unpaired) electrons. The highest BCUT2D eigenvalue weighted by Gasteiger charge is 2.28. The zero-order valence-corrected chi connectivity index (χ0v) is 76.1. The summed E-state index contributed by atoms with van der Waals surface area (Å²) in [5.41, 5.74) is 41.3. The summed E-state index contributed by atoms with van der Waals surface area (Å²) in [6.45, 7) is 0. The molecule has 0 aliphatic rings. The number of benzene rings is 21. The maximum absolute atomic E-state index is 6.70. The highest BCUT2D eigenvalue weighted by molar-refractivity contribution is 6.24. The monoisotopic (exact) mass is 1800 g/mol. The lowest BCUT2D eigenvalue weighted by Crippen LogP contribution is -1.93. The van der Waals surface area contributed by atoms with E-state index in [0.29, 0.717) is 0 Å². The number of furan rings is 6. The first kappa shape index (κ1) is 80.5. The van der Waals surface area contributed by atoms with Crippen molar-refractivity contribution < 1.29 is 26.5 Å². The summed E-state index contributed by atoms with van der Waals surface area (Å²) in [5.74, 6) is 0. The Balaban J connectivity index is 0.000000104. The summed E-state index contributed by atoms with van der Waals surface area (Å²) in [7, 11) is 0. The lowest BCUT2D eigenvalue weighted by molar-refractivity contribution is 0.669. The molecule has 0 fully saturated rings. The first-order valence-electron chi connectivity index (χ1n) is 47.8. The van der Waals surface area contributed by atoms with Crippen LogP contribution in [0.25, 0.3) is 282 Å². The van der Waals surface area contributed by atoms with Crippen LogP contribution in [-0.4, -0.2) is 13.7 Å². The number of para-hydroxylation sites is 9. The van der Waals surface area contributed by atoms with Gasteiger partial charge in [-0.05, 0) is 211 Å². The maximum atomic E-state index is 6.70. The van der Waals surface area contributed by atoms with Crippen LogP contribution in [0.15, 0.2) is 518 Å². The van der Waals surface area contributed by atoms with Crippen LogP contribution in [0.3, 0.4) is 0 Å². The summed E-state index contributed by atoms with van der Waals surface area (Å²) in [6.07, 6.45) is 0. The SMILES string of the molecule is c1ccc(-c2ccc3c(c2)oc2cc(-c4ccc(-c5cccc6oc7c8ccccc8n(-c8ccccc8)c7c56)cc4)ccc23)cc1.c1ccc(-c2ccc3oc4c(-c5ccc(-c6cccc7oc8c9ccccc9n(-c9ccccc9)c8c67)cc5)cccc4c3c2)cc1.c1ccc(-c2cccc3c2oc2c(-c4ccc(-c5cccc6oc7c8ccccc8n(-c8ccccc8)c7c56)cc4)cccc23)cc1. The molecule has 0 saturated heterocycles. The first-order chi connectivity index (χ1) is 69.9. The molecule has 0 aliphatic carbocycles. The second kappa shape index (κ2) is 33.0. The minimum absolute atomic E-state index is 0.883. The van der Waals surface area contributed by atoms with Crippen LogP contribution < -0.4 is 0 Å². The van der Waals surface area contributed by atoms with E-state index in [2.05, 4.69) is 487 Å². The fourth-order valence-electron chi connectivity index (χ4n) is 21.8. The minimum Gasteiger partial charge on any atom is -0.456 e. The fraction of sp³-hybridized carbons (Fsp3) is 0. The lowest BCUT2D eigenvalue weighted by atomic mass is 9.96. The summed E-state index contributed by atoms with van der Waals surface area (Å²) in [4.78, 5) is 0. The Kier molecular flexibility index (Phi) is 18.8. The van der Waals surface area contributed by atoms with E-state index in [4.69, 9.17) is 26.5 Å². The maximum Gasteiger partial charge on any atom is 0.161 e. The van der Waals surface area contributed by atoms with Gasteiger partial charge in [-0.1, -0.05) is 364 Å². The molecule has 9 aromatic heterocycles. The van der Waals surface area contributed by atoms with Gasteiger partial charge < -0.3 is 40.2 Å². The third-order valence-electron chi connectivity index (χ3n) is 28.3. The van der Waals surface area contributed by atoms with Crippen molar-refractivity contribution >= 4 is 165 Å². The molecule has 9 nitrogen and oxygen atoms in total. The van der Waals surface area contributed by atoms with Gasteiger partial charge in [0.25, 0.3) is 0 Å². The van der Waals surface area contributed by atoms with Gasteiger partial charge in [0.05, 0.1) is 32.7 Å². The van der Waals surface area contributed by atoms with Gasteiger partial charge in [-0.2, -0.15) is 0 Å². The van der Waals surface area contributed by atoms with Crippen molar-refractivity contribution in [2.45, 2.75) is 0 Å². The van der Waals surface area contributed by atoms with Crippen LogP contribution >= 0.6 is 0 Å². The fourth-order valence-corrected chi connectivity index (χ4v) is 21.8. The van der Waals surface area contributed by atoms with Gasteiger partial charge in [0.1, 0.15) is 66.8 Å². The minimum atomic E-state index is 0.883. The Bertz CT molecular complexity index is 10100. The smallest absolute Gasteiger partial charge is 0.161 e. The van der Waals surface area contributed by atoms with Crippen LogP contribution in [0.2, 0.25) is 0 Å². The molecule has 21 aromatic carbocycles. The average molecular weight is 1810 g/mol. The molecule has 0 unspecified atom stereocenters. The van der Waals surface area contributed by atoms with E-state index in [1.165, 1.54) is 16.7 Å².